The zero-order valence-corrected chi connectivity index (χ0v) is 16.7. The summed E-state index contributed by atoms with van der Waals surface area (Å²) in [4.78, 5) is 24.3. The van der Waals surface area contributed by atoms with Crippen molar-refractivity contribution in [2.75, 3.05) is 13.1 Å². The average molecular weight is 394 g/mol. The number of rotatable bonds is 4. The number of carbonyl (C=O) groups is 2. The minimum absolute atomic E-state index is 0.0397. The van der Waals surface area contributed by atoms with Crippen molar-refractivity contribution in [2.45, 2.75) is 57.0 Å². The van der Waals surface area contributed by atoms with Crippen molar-refractivity contribution in [3.05, 3.63) is 29.8 Å². The van der Waals surface area contributed by atoms with Gasteiger partial charge in [-0.15, -0.1) is 0 Å². The predicted molar refractivity (Wildman–Crippen MR) is 101 cm³/mol. The maximum absolute atomic E-state index is 12.9. The molecule has 0 radical (unpaired) electrons. The van der Waals surface area contributed by atoms with Crippen LogP contribution in [-0.4, -0.2) is 43.7 Å². The molecule has 0 N–H and O–H groups in total. The van der Waals surface area contributed by atoms with Crippen molar-refractivity contribution >= 4 is 21.8 Å². The standard InChI is InChI=1S/C20H27NO5S/c1-14-11-15(2)13-21(12-14)27(24,25)17-9-7-16(8-10-17)20(23)26-19-6-4-3-5-18(19)22/h7-10,14-15,19H,3-6,11-13H2,1-2H3/t14-,15+,19-/m1/s1. The van der Waals surface area contributed by atoms with E-state index in [1.165, 1.54) is 28.6 Å². The Balaban J connectivity index is 1.70. The number of piperidine rings is 1. The SMILES string of the molecule is C[C@@H]1C[C@H](C)CN(S(=O)(=O)c2ccc(C(=O)O[C@@H]3CCCCC3=O)cc2)C1. The zero-order chi connectivity index (χ0) is 19.6. The molecule has 2 aliphatic rings. The number of sulfonamides is 1. The first-order valence-electron chi connectivity index (χ1n) is 9.61. The van der Waals surface area contributed by atoms with Gasteiger partial charge in [0.25, 0.3) is 0 Å². The Bertz CT molecular complexity index is 792. The smallest absolute Gasteiger partial charge is 0.338 e. The largest absolute Gasteiger partial charge is 0.451 e. The average Bonchev–Trinajstić information content (AvgIpc) is 2.63. The minimum Gasteiger partial charge on any atom is -0.451 e. The molecular weight excluding hydrogens is 366 g/mol. The number of ether oxygens (including phenoxy) is 1. The summed E-state index contributed by atoms with van der Waals surface area (Å²) in [6.45, 7) is 5.15. The number of hydrogen-bond acceptors (Lipinski definition) is 5. The van der Waals surface area contributed by atoms with Crippen LogP contribution in [-0.2, 0) is 19.6 Å². The molecular formula is C20H27NO5S. The van der Waals surface area contributed by atoms with Gasteiger partial charge in [-0.05, 0) is 61.8 Å². The molecule has 1 saturated heterocycles. The highest BCUT2D eigenvalue weighted by Gasteiger charge is 2.32. The highest BCUT2D eigenvalue weighted by atomic mass is 32.2. The van der Waals surface area contributed by atoms with E-state index in [0.29, 0.717) is 37.8 Å². The molecule has 0 spiro atoms. The summed E-state index contributed by atoms with van der Waals surface area (Å²) < 4.78 is 32.6. The second-order valence-electron chi connectivity index (χ2n) is 7.90. The molecule has 3 rings (SSSR count). The zero-order valence-electron chi connectivity index (χ0n) is 15.9. The van der Waals surface area contributed by atoms with E-state index in [1.807, 2.05) is 0 Å². The number of hydrogen-bond donors (Lipinski definition) is 0. The summed E-state index contributed by atoms with van der Waals surface area (Å²) in [7, 11) is -3.58. The molecule has 1 aromatic rings. The van der Waals surface area contributed by atoms with Crippen LogP contribution < -0.4 is 0 Å². The Labute approximate surface area is 160 Å². The first kappa shape index (κ1) is 20.0. The van der Waals surface area contributed by atoms with Crippen molar-refractivity contribution in [1.29, 1.82) is 0 Å². The van der Waals surface area contributed by atoms with E-state index in [1.54, 1.807) is 0 Å². The fraction of sp³-hybridized carbons (Fsp3) is 0.600. The highest BCUT2D eigenvalue weighted by Crippen LogP contribution is 2.27. The number of ketones is 1. The minimum atomic E-state index is -3.58. The molecule has 1 saturated carbocycles. The molecule has 7 heteroatoms. The molecule has 6 nitrogen and oxygen atoms in total. The molecule has 1 aliphatic carbocycles. The predicted octanol–water partition coefficient (Wildman–Crippen LogP) is 3.02. The summed E-state index contributed by atoms with van der Waals surface area (Å²) in [5.41, 5.74) is 0.257. The first-order valence-corrected chi connectivity index (χ1v) is 11.1. The van der Waals surface area contributed by atoms with E-state index in [2.05, 4.69) is 13.8 Å². The van der Waals surface area contributed by atoms with E-state index in [4.69, 9.17) is 4.74 Å². The quantitative estimate of drug-likeness (QED) is 0.735. The highest BCUT2D eigenvalue weighted by molar-refractivity contribution is 7.89. The lowest BCUT2D eigenvalue weighted by Gasteiger charge is -2.34. The molecule has 0 aromatic heterocycles. The molecule has 2 fully saturated rings. The van der Waals surface area contributed by atoms with Gasteiger partial charge in [0.15, 0.2) is 11.9 Å². The Morgan fingerprint density at radius 1 is 1.07 bits per heavy atom. The van der Waals surface area contributed by atoms with Crippen LogP contribution in [0.3, 0.4) is 0 Å². The number of benzene rings is 1. The summed E-state index contributed by atoms with van der Waals surface area (Å²) in [6.07, 6.45) is 3.06. The summed E-state index contributed by atoms with van der Waals surface area (Å²) in [5, 5.41) is 0. The van der Waals surface area contributed by atoms with Crippen LogP contribution in [0.15, 0.2) is 29.2 Å². The van der Waals surface area contributed by atoms with Crippen molar-refractivity contribution in [1.82, 2.24) is 4.31 Å². The van der Waals surface area contributed by atoms with Crippen molar-refractivity contribution in [2.24, 2.45) is 11.8 Å². The van der Waals surface area contributed by atoms with Crippen molar-refractivity contribution < 1.29 is 22.7 Å². The van der Waals surface area contributed by atoms with Gasteiger partial charge in [-0.25, -0.2) is 13.2 Å². The van der Waals surface area contributed by atoms with Gasteiger partial charge in [0, 0.05) is 19.5 Å². The summed E-state index contributed by atoms with van der Waals surface area (Å²) >= 11 is 0. The molecule has 1 aliphatic heterocycles. The second-order valence-corrected chi connectivity index (χ2v) is 9.84. The number of Topliss-reactive ketones (excluding diaryl/α,β-unsaturated/α-hetero) is 1. The fourth-order valence-corrected chi connectivity index (χ4v) is 5.67. The number of carbonyl (C=O) groups excluding carboxylic acids is 2. The van der Waals surface area contributed by atoms with E-state index in [-0.39, 0.29) is 16.2 Å². The van der Waals surface area contributed by atoms with Crippen molar-refractivity contribution in [3.8, 4) is 0 Å². The second kappa shape index (κ2) is 8.10. The van der Waals surface area contributed by atoms with Crippen LogP contribution >= 0.6 is 0 Å². The van der Waals surface area contributed by atoms with Crippen LogP contribution in [0.25, 0.3) is 0 Å². The van der Waals surface area contributed by atoms with Gasteiger partial charge in [0.1, 0.15) is 0 Å². The lowest BCUT2D eigenvalue weighted by atomic mass is 9.94. The molecule has 1 heterocycles. The number of nitrogens with zero attached hydrogens (tertiary/aromatic N) is 1. The third-order valence-electron chi connectivity index (χ3n) is 5.31. The molecule has 1 aromatic carbocycles. The monoisotopic (exact) mass is 393 g/mol. The number of esters is 1. The molecule has 0 bridgehead atoms. The molecule has 3 atom stereocenters. The maximum atomic E-state index is 12.9. The van der Waals surface area contributed by atoms with Gasteiger partial charge in [0.2, 0.25) is 10.0 Å². The molecule has 148 valence electrons. The molecule has 27 heavy (non-hydrogen) atoms. The molecule has 0 amide bonds. The normalized spacial score (nSPS) is 27.3. The van der Waals surface area contributed by atoms with Crippen LogP contribution in [0.4, 0.5) is 0 Å². The topological polar surface area (TPSA) is 80.8 Å². The summed E-state index contributed by atoms with van der Waals surface area (Å²) in [6, 6.07) is 5.80. The van der Waals surface area contributed by atoms with E-state index < -0.39 is 22.1 Å². The van der Waals surface area contributed by atoms with Gasteiger partial charge in [0.05, 0.1) is 10.5 Å². The van der Waals surface area contributed by atoms with Crippen molar-refractivity contribution in [3.63, 3.8) is 0 Å². The van der Waals surface area contributed by atoms with E-state index in [0.717, 1.165) is 19.3 Å². The van der Waals surface area contributed by atoms with Gasteiger partial charge in [-0.1, -0.05) is 13.8 Å². The lowest BCUT2D eigenvalue weighted by molar-refractivity contribution is -0.129. The lowest BCUT2D eigenvalue weighted by Crippen LogP contribution is -2.42. The van der Waals surface area contributed by atoms with Gasteiger partial charge < -0.3 is 4.74 Å². The van der Waals surface area contributed by atoms with Crippen LogP contribution in [0.5, 0.6) is 0 Å². The Kier molecular flexibility index (Phi) is 6.01. The van der Waals surface area contributed by atoms with Gasteiger partial charge in [-0.3, -0.25) is 4.79 Å². The molecule has 0 unspecified atom stereocenters. The van der Waals surface area contributed by atoms with E-state index >= 15 is 0 Å². The Morgan fingerprint density at radius 3 is 2.30 bits per heavy atom. The van der Waals surface area contributed by atoms with Crippen LogP contribution in [0.2, 0.25) is 0 Å². The first-order chi connectivity index (χ1) is 12.8. The van der Waals surface area contributed by atoms with Crippen LogP contribution in [0, 0.1) is 11.8 Å². The maximum Gasteiger partial charge on any atom is 0.338 e. The van der Waals surface area contributed by atoms with Crippen LogP contribution in [0.1, 0.15) is 56.3 Å². The third-order valence-corrected chi connectivity index (χ3v) is 7.16. The summed E-state index contributed by atoms with van der Waals surface area (Å²) in [5.74, 6) is 0.0261. The van der Waals surface area contributed by atoms with E-state index in [9.17, 15) is 18.0 Å². The van der Waals surface area contributed by atoms with Gasteiger partial charge >= 0.3 is 5.97 Å². The van der Waals surface area contributed by atoms with Gasteiger partial charge in [-0.2, -0.15) is 4.31 Å². The Morgan fingerprint density at radius 2 is 1.70 bits per heavy atom. The fourth-order valence-electron chi connectivity index (χ4n) is 3.99. The Hall–Kier alpha value is -1.73. The third kappa shape index (κ3) is 4.58.